The summed E-state index contributed by atoms with van der Waals surface area (Å²) in [6, 6.07) is 14.5. The van der Waals surface area contributed by atoms with Crippen molar-refractivity contribution in [3.05, 3.63) is 59.8 Å². The predicted octanol–water partition coefficient (Wildman–Crippen LogP) is 5.80. The maximum absolute atomic E-state index is 12.6. The van der Waals surface area contributed by atoms with Gasteiger partial charge in [0, 0.05) is 23.9 Å². The van der Waals surface area contributed by atoms with Gasteiger partial charge >= 0.3 is 0 Å². The van der Waals surface area contributed by atoms with Gasteiger partial charge in [0.1, 0.15) is 0 Å². The van der Waals surface area contributed by atoms with E-state index in [4.69, 9.17) is 4.98 Å². The Morgan fingerprint density at radius 2 is 1.97 bits per heavy atom. The van der Waals surface area contributed by atoms with Gasteiger partial charge in [0.25, 0.3) is 5.91 Å². The first kappa shape index (κ1) is 22.5. The number of aromatic nitrogens is 2. The molecule has 0 saturated heterocycles. The number of hydrogen-bond donors (Lipinski definition) is 1. The summed E-state index contributed by atoms with van der Waals surface area (Å²) in [6.45, 7) is 12.5. The number of benzene rings is 2. The van der Waals surface area contributed by atoms with Crippen LogP contribution in [0.1, 0.15) is 56.0 Å². The molecule has 0 fully saturated rings. The van der Waals surface area contributed by atoms with Gasteiger partial charge in [-0.3, -0.25) is 9.20 Å². The monoisotopic (exact) mass is 448 g/mol. The molecule has 0 radical (unpaired) electrons. The molecule has 0 aliphatic rings. The van der Waals surface area contributed by atoms with Crippen LogP contribution >= 0.6 is 11.3 Å². The first-order valence-electron chi connectivity index (χ1n) is 11.5. The van der Waals surface area contributed by atoms with Crippen LogP contribution in [0.4, 0.5) is 0 Å². The second-order valence-corrected chi connectivity index (χ2v) is 9.49. The number of imidazole rings is 1. The van der Waals surface area contributed by atoms with Gasteiger partial charge in [-0.25, -0.2) is 4.98 Å². The third-order valence-electron chi connectivity index (χ3n) is 6.04. The van der Waals surface area contributed by atoms with Crippen molar-refractivity contribution in [2.75, 3.05) is 26.2 Å². The topological polar surface area (TPSA) is 49.6 Å². The zero-order valence-electron chi connectivity index (χ0n) is 19.4. The highest BCUT2D eigenvalue weighted by molar-refractivity contribution is 7.23. The molecule has 0 unspecified atom stereocenters. The predicted molar refractivity (Wildman–Crippen MR) is 135 cm³/mol. The maximum atomic E-state index is 12.6. The van der Waals surface area contributed by atoms with Crippen molar-refractivity contribution in [3.8, 4) is 11.3 Å². The highest BCUT2D eigenvalue weighted by Crippen LogP contribution is 2.31. The number of fused-ring (bicyclic) bond motifs is 3. The molecule has 0 spiro atoms. The van der Waals surface area contributed by atoms with Crippen LogP contribution in [0.3, 0.4) is 0 Å². The highest BCUT2D eigenvalue weighted by Gasteiger charge is 2.13. The Labute approximate surface area is 194 Å². The second-order valence-electron chi connectivity index (χ2n) is 8.48. The first-order valence-corrected chi connectivity index (χ1v) is 12.3. The lowest BCUT2D eigenvalue weighted by Crippen LogP contribution is -2.29. The summed E-state index contributed by atoms with van der Waals surface area (Å²) in [7, 11) is 0. The molecule has 0 bridgehead atoms. The molecular weight excluding hydrogens is 416 g/mol. The van der Waals surface area contributed by atoms with Gasteiger partial charge in [0.15, 0.2) is 4.96 Å². The van der Waals surface area contributed by atoms with E-state index in [0.29, 0.717) is 18.0 Å². The number of rotatable bonds is 9. The molecule has 168 valence electrons. The van der Waals surface area contributed by atoms with E-state index in [9.17, 15) is 4.79 Å². The van der Waals surface area contributed by atoms with Crippen molar-refractivity contribution in [3.63, 3.8) is 0 Å². The number of carbonyl (C=O) groups is 1. The third-order valence-corrected chi connectivity index (χ3v) is 7.05. The van der Waals surface area contributed by atoms with Gasteiger partial charge in [0.2, 0.25) is 0 Å². The standard InChI is InChI=1S/C26H32N4OS/c1-5-29(6-2)14-8-13-27-25(31)21-11-12-23-24(16-21)32-26-28-22(17-30(23)26)20-10-7-9-19(15-20)18(3)4/h7,9-12,15-18H,5-6,8,13-14H2,1-4H3,(H,27,31). The van der Waals surface area contributed by atoms with Crippen molar-refractivity contribution in [1.82, 2.24) is 19.6 Å². The van der Waals surface area contributed by atoms with Crippen LogP contribution in [0.2, 0.25) is 0 Å². The lowest BCUT2D eigenvalue weighted by atomic mass is 10.00. The molecule has 0 saturated carbocycles. The summed E-state index contributed by atoms with van der Waals surface area (Å²) in [5.74, 6) is 0.477. The number of hydrogen-bond acceptors (Lipinski definition) is 4. The van der Waals surface area contributed by atoms with Crippen molar-refractivity contribution < 1.29 is 4.79 Å². The molecule has 32 heavy (non-hydrogen) atoms. The van der Waals surface area contributed by atoms with Crippen LogP contribution in [0.25, 0.3) is 26.4 Å². The second kappa shape index (κ2) is 9.84. The molecule has 6 heteroatoms. The summed E-state index contributed by atoms with van der Waals surface area (Å²) in [5.41, 5.74) is 5.23. The van der Waals surface area contributed by atoms with E-state index in [1.165, 1.54) is 5.56 Å². The summed E-state index contributed by atoms with van der Waals surface area (Å²) in [6.07, 6.45) is 3.06. The molecule has 1 N–H and O–H groups in total. The van der Waals surface area contributed by atoms with Gasteiger partial charge in [-0.2, -0.15) is 0 Å². The smallest absolute Gasteiger partial charge is 0.251 e. The van der Waals surface area contributed by atoms with Crippen molar-refractivity contribution >= 4 is 32.4 Å². The number of nitrogens with zero attached hydrogens (tertiary/aromatic N) is 3. The minimum Gasteiger partial charge on any atom is -0.352 e. The number of carbonyl (C=O) groups excluding carboxylic acids is 1. The van der Waals surface area contributed by atoms with Gasteiger partial charge in [0.05, 0.1) is 15.9 Å². The Morgan fingerprint density at radius 3 is 2.72 bits per heavy atom. The maximum Gasteiger partial charge on any atom is 0.251 e. The quantitative estimate of drug-likeness (QED) is 0.329. The summed E-state index contributed by atoms with van der Waals surface area (Å²) >= 11 is 1.62. The fourth-order valence-electron chi connectivity index (χ4n) is 3.99. The lowest BCUT2D eigenvalue weighted by Gasteiger charge is -2.17. The van der Waals surface area contributed by atoms with Crippen LogP contribution in [0.15, 0.2) is 48.7 Å². The zero-order valence-corrected chi connectivity index (χ0v) is 20.2. The van der Waals surface area contributed by atoms with Crippen LogP contribution in [-0.2, 0) is 0 Å². The Kier molecular flexibility index (Phi) is 6.92. The molecule has 4 aromatic rings. The lowest BCUT2D eigenvalue weighted by molar-refractivity contribution is 0.0952. The fraction of sp³-hybridized carbons (Fsp3) is 0.385. The van der Waals surface area contributed by atoms with E-state index >= 15 is 0 Å². The van der Waals surface area contributed by atoms with Crippen molar-refractivity contribution in [2.45, 2.75) is 40.0 Å². The average molecular weight is 449 g/mol. The largest absolute Gasteiger partial charge is 0.352 e. The molecule has 2 aromatic carbocycles. The molecule has 0 atom stereocenters. The van der Waals surface area contributed by atoms with E-state index in [2.05, 4.69) is 72.8 Å². The molecule has 2 heterocycles. The van der Waals surface area contributed by atoms with E-state index in [0.717, 1.165) is 52.5 Å². The Bertz CT molecular complexity index is 1220. The fourth-order valence-corrected chi connectivity index (χ4v) is 5.03. The minimum absolute atomic E-state index is 0.0105. The molecule has 4 rings (SSSR count). The Morgan fingerprint density at radius 1 is 1.16 bits per heavy atom. The molecular formula is C26H32N4OS. The molecule has 5 nitrogen and oxygen atoms in total. The molecule has 1 amide bonds. The third kappa shape index (κ3) is 4.71. The number of amides is 1. The van der Waals surface area contributed by atoms with Crippen LogP contribution < -0.4 is 5.32 Å². The molecule has 0 aliphatic heterocycles. The van der Waals surface area contributed by atoms with Crippen molar-refractivity contribution in [2.24, 2.45) is 0 Å². The SMILES string of the molecule is CCN(CC)CCCNC(=O)c1ccc2c(c1)sc1nc(-c3cccc(C(C)C)c3)cn12. The van der Waals surface area contributed by atoms with E-state index in [1.807, 2.05) is 18.2 Å². The average Bonchev–Trinajstić information content (AvgIpc) is 3.36. The normalized spacial score (nSPS) is 11.8. The Hall–Kier alpha value is -2.70. The van der Waals surface area contributed by atoms with Crippen molar-refractivity contribution in [1.29, 1.82) is 0 Å². The summed E-state index contributed by atoms with van der Waals surface area (Å²) in [4.78, 5) is 20.8. The molecule has 0 aliphatic carbocycles. The Balaban J connectivity index is 1.49. The van der Waals surface area contributed by atoms with E-state index < -0.39 is 0 Å². The highest BCUT2D eigenvalue weighted by atomic mass is 32.1. The minimum atomic E-state index is -0.0105. The molecule has 2 aromatic heterocycles. The van der Waals surface area contributed by atoms with Gasteiger partial charge in [-0.1, -0.05) is 57.2 Å². The van der Waals surface area contributed by atoms with E-state index in [-0.39, 0.29) is 5.91 Å². The first-order chi connectivity index (χ1) is 15.5. The number of nitrogens with one attached hydrogen (secondary N) is 1. The van der Waals surface area contributed by atoms with E-state index in [1.54, 1.807) is 11.3 Å². The van der Waals surface area contributed by atoms with Gasteiger partial charge < -0.3 is 10.2 Å². The van der Waals surface area contributed by atoms with Gasteiger partial charge in [-0.15, -0.1) is 0 Å². The van der Waals surface area contributed by atoms with Crippen LogP contribution in [0.5, 0.6) is 0 Å². The van der Waals surface area contributed by atoms with Crippen LogP contribution in [0, 0.1) is 0 Å². The van der Waals surface area contributed by atoms with Gasteiger partial charge in [-0.05, 0) is 61.8 Å². The number of thiazole rings is 1. The zero-order chi connectivity index (χ0) is 22.7. The van der Waals surface area contributed by atoms with Crippen LogP contribution in [-0.4, -0.2) is 46.4 Å². The summed E-state index contributed by atoms with van der Waals surface area (Å²) < 4.78 is 3.20. The summed E-state index contributed by atoms with van der Waals surface area (Å²) in [5, 5.41) is 3.06.